The minimum Gasteiger partial charge on any atom is -0.464 e. The standard InChI is InChI=1S/C14H21F2NO2S/c15-14(16)20-9-13-5-4-12(19-13)7-17-6-10-2-1-3-11(10)8-18/h4-5,10-11,14,17-18H,1-3,6-9H2. The van der Waals surface area contributed by atoms with Gasteiger partial charge in [-0.25, -0.2) is 0 Å². The molecule has 1 aliphatic rings. The Balaban J connectivity index is 1.69. The molecule has 1 aromatic heterocycles. The molecule has 2 unspecified atom stereocenters. The van der Waals surface area contributed by atoms with Crippen LogP contribution >= 0.6 is 11.8 Å². The van der Waals surface area contributed by atoms with E-state index >= 15 is 0 Å². The van der Waals surface area contributed by atoms with Crippen molar-refractivity contribution in [2.45, 2.75) is 37.3 Å². The highest BCUT2D eigenvalue weighted by atomic mass is 32.2. The van der Waals surface area contributed by atoms with Gasteiger partial charge >= 0.3 is 0 Å². The smallest absolute Gasteiger partial charge is 0.284 e. The van der Waals surface area contributed by atoms with E-state index < -0.39 is 5.76 Å². The lowest BCUT2D eigenvalue weighted by atomic mass is 9.97. The highest BCUT2D eigenvalue weighted by Crippen LogP contribution is 2.30. The number of alkyl halides is 2. The van der Waals surface area contributed by atoms with Crippen LogP contribution in [0.5, 0.6) is 0 Å². The fraction of sp³-hybridized carbons (Fsp3) is 0.714. The first-order chi connectivity index (χ1) is 9.69. The summed E-state index contributed by atoms with van der Waals surface area (Å²) < 4.78 is 29.6. The van der Waals surface area contributed by atoms with Gasteiger partial charge in [-0.2, -0.15) is 8.78 Å². The van der Waals surface area contributed by atoms with Gasteiger partial charge in [0.25, 0.3) is 5.76 Å². The van der Waals surface area contributed by atoms with Gasteiger partial charge in [0.2, 0.25) is 0 Å². The van der Waals surface area contributed by atoms with E-state index in [4.69, 9.17) is 4.42 Å². The molecule has 2 rings (SSSR count). The van der Waals surface area contributed by atoms with Crippen LogP contribution in [0.4, 0.5) is 8.78 Å². The number of aliphatic hydroxyl groups is 1. The topological polar surface area (TPSA) is 45.4 Å². The molecule has 1 saturated carbocycles. The van der Waals surface area contributed by atoms with E-state index in [1.807, 2.05) is 6.07 Å². The van der Waals surface area contributed by atoms with Crippen molar-refractivity contribution in [2.75, 3.05) is 13.2 Å². The molecule has 0 aromatic carbocycles. The molecule has 1 fully saturated rings. The van der Waals surface area contributed by atoms with Gasteiger partial charge in [-0.3, -0.25) is 0 Å². The lowest BCUT2D eigenvalue weighted by molar-refractivity contribution is 0.192. The average molecular weight is 305 g/mol. The molecule has 0 aliphatic heterocycles. The van der Waals surface area contributed by atoms with Gasteiger partial charge in [0.05, 0.1) is 12.3 Å². The molecule has 0 bridgehead atoms. The maximum atomic E-state index is 12.1. The van der Waals surface area contributed by atoms with Crippen LogP contribution in [0.2, 0.25) is 0 Å². The highest BCUT2D eigenvalue weighted by Gasteiger charge is 2.25. The van der Waals surface area contributed by atoms with Crippen LogP contribution in [-0.4, -0.2) is 24.0 Å². The molecule has 0 radical (unpaired) electrons. The van der Waals surface area contributed by atoms with Crippen molar-refractivity contribution in [3.05, 3.63) is 23.7 Å². The molecule has 1 aromatic rings. The second-order valence-electron chi connectivity index (χ2n) is 5.20. The van der Waals surface area contributed by atoms with Gasteiger partial charge in [0.1, 0.15) is 11.5 Å². The van der Waals surface area contributed by atoms with Gasteiger partial charge in [-0.05, 0) is 43.4 Å². The second kappa shape index (κ2) is 8.00. The van der Waals surface area contributed by atoms with Crippen molar-refractivity contribution in [1.29, 1.82) is 0 Å². The minimum atomic E-state index is -2.36. The van der Waals surface area contributed by atoms with E-state index in [0.717, 1.165) is 25.1 Å². The zero-order valence-corrected chi connectivity index (χ0v) is 12.2. The van der Waals surface area contributed by atoms with E-state index in [2.05, 4.69) is 5.32 Å². The maximum Gasteiger partial charge on any atom is 0.284 e. The van der Waals surface area contributed by atoms with Gasteiger partial charge in [-0.1, -0.05) is 18.2 Å². The van der Waals surface area contributed by atoms with Crippen molar-refractivity contribution < 1.29 is 18.3 Å². The molecule has 1 heterocycles. The first-order valence-corrected chi connectivity index (χ1v) is 8.03. The number of hydrogen-bond acceptors (Lipinski definition) is 4. The quantitative estimate of drug-likeness (QED) is 0.774. The molecule has 0 spiro atoms. The zero-order valence-electron chi connectivity index (χ0n) is 11.4. The molecule has 2 N–H and O–H groups in total. The number of nitrogens with one attached hydrogen (secondary N) is 1. The predicted octanol–water partition coefficient (Wildman–Crippen LogP) is 3.23. The van der Waals surface area contributed by atoms with Crippen LogP contribution in [0.3, 0.4) is 0 Å². The molecule has 114 valence electrons. The Bertz CT molecular complexity index is 400. The molecule has 2 atom stereocenters. The van der Waals surface area contributed by atoms with Crippen LogP contribution in [0, 0.1) is 11.8 Å². The number of rotatable bonds is 8. The third-order valence-corrected chi connectivity index (χ3v) is 4.53. The number of halogens is 2. The number of furan rings is 1. The molecule has 0 saturated heterocycles. The number of hydrogen-bond donors (Lipinski definition) is 2. The van der Waals surface area contributed by atoms with Gasteiger partial charge in [0.15, 0.2) is 0 Å². The number of thioether (sulfide) groups is 1. The molecule has 1 aliphatic carbocycles. The fourth-order valence-electron chi connectivity index (χ4n) is 2.74. The Hall–Kier alpha value is -0.590. The fourth-order valence-corrected chi connectivity index (χ4v) is 3.19. The average Bonchev–Trinajstić information content (AvgIpc) is 3.05. The van der Waals surface area contributed by atoms with Gasteiger partial charge < -0.3 is 14.8 Å². The minimum absolute atomic E-state index is 0.201. The Labute approximate surface area is 122 Å². The highest BCUT2D eigenvalue weighted by molar-refractivity contribution is 7.98. The Morgan fingerprint density at radius 2 is 2.05 bits per heavy atom. The van der Waals surface area contributed by atoms with Crippen LogP contribution in [0.1, 0.15) is 30.8 Å². The van der Waals surface area contributed by atoms with Crippen molar-refractivity contribution >= 4 is 11.8 Å². The summed E-state index contributed by atoms with van der Waals surface area (Å²) in [6, 6.07) is 3.57. The summed E-state index contributed by atoms with van der Waals surface area (Å²) in [6.45, 7) is 1.74. The first kappa shape index (κ1) is 15.8. The third kappa shape index (κ3) is 4.75. The van der Waals surface area contributed by atoms with Crippen molar-refractivity contribution in [1.82, 2.24) is 5.32 Å². The molecule has 20 heavy (non-hydrogen) atoms. The monoisotopic (exact) mass is 305 g/mol. The van der Waals surface area contributed by atoms with Crippen LogP contribution < -0.4 is 5.32 Å². The summed E-state index contributed by atoms with van der Waals surface area (Å²) in [5, 5.41) is 12.6. The molecule has 6 heteroatoms. The third-order valence-electron chi connectivity index (χ3n) is 3.83. The maximum absolute atomic E-state index is 12.1. The first-order valence-electron chi connectivity index (χ1n) is 6.98. The molecular formula is C14H21F2NO2S. The van der Waals surface area contributed by atoms with E-state index in [1.165, 1.54) is 6.42 Å². The Morgan fingerprint density at radius 1 is 1.30 bits per heavy atom. The lowest BCUT2D eigenvalue weighted by Gasteiger charge is -2.17. The van der Waals surface area contributed by atoms with Crippen LogP contribution in [0.15, 0.2) is 16.5 Å². The summed E-state index contributed by atoms with van der Waals surface area (Å²) in [4.78, 5) is 0. The SMILES string of the molecule is OCC1CCCC1CNCc1ccc(CSC(F)F)o1. The zero-order chi connectivity index (χ0) is 14.4. The molecular weight excluding hydrogens is 284 g/mol. The summed E-state index contributed by atoms with van der Waals surface area (Å²) in [5.74, 6) is 0.141. The molecule has 0 amide bonds. The Kier molecular flexibility index (Phi) is 6.32. The van der Waals surface area contributed by atoms with E-state index in [1.54, 1.807) is 6.07 Å². The van der Waals surface area contributed by atoms with E-state index in [-0.39, 0.29) is 12.4 Å². The summed E-state index contributed by atoms with van der Waals surface area (Å²) in [7, 11) is 0. The van der Waals surface area contributed by atoms with Crippen molar-refractivity contribution in [3.8, 4) is 0 Å². The van der Waals surface area contributed by atoms with Crippen LogP contribution in [0.25, 0.3) is 0 Å². The normalized spacial score (nSPS) is 22.8. The second-order valence-corrected chi connectivity index (χ2v) is 6.18. The Morgan fingerprint density at radius 3 is 2.80 bits per heavy atom. The summed E-state index contributed by atoms with van der Waals surface area (Å²) in [5.41, 5.74) is 0. The molecule has 3 nitrogen and oxygen atoms in total. The predicted molar refractivity (Wildman–Crippen MR) is 75.6 cm³/mol. The largest absolute Gasteiger partial charge is 0.464 e. The number of aliphatic hydroxyl groups excluding tert-OH is 1. The van der Waals surface area contributed by atoms with E-state index in [0.29, 0.717) is 35.9 Å². The van der Waals surface area contributed by atoms with Gasteiger partial charge in [0, 0.05) is 6.61 Å². The van der Waals surface area contributed by atoms with Crippen molar-refractivity contribution in [3.63, 3.8) is 0 Å². The van der Waals surface area contributed by atoms with Crippen molar-refractivity contribution in [2.24, 2.45) is 11.8 Å². The lowest BCUT2D eigenvalue weighted by Crippen LogP contribution is -2.26. The van der Waals surface area contributed by atoms with Gasteiger partial charge in [-0.15, -0.1) is 0 Å². The summed E-state index contributed by atoms with van der Waals surface area (Å²) >= 11 is 0.570. The summed E-state index contributed by atoms with van der Waals surface area (Å²) in [6.07, 6.45) is 3.46. The van der Waals surface area contributed by atoms with Crippen LogP contribution in [-0.2, 0) is 12.3 Å². The van der Waals surface area contributed by atoms with E-state index in [9.17, 15) is 13.9 Å².